The second kappa shape index (κ2) is 5.54. The summed E-state index contributed by atoms with van der Waals surface area (Å²) in [6.07, 6.45) is 5.08. The number of anilines is 1. The standard InChI is InChI=1S/C15H24N2/c1-12-6-7-15(11-13(12)2)17-10-4-3-5-14(17)8-9-16/h6-7,11,14H,3-5,8-10,16H2,1-2H3. The molecule has 1 aliphatic heterocycles. The first-order chi connectivity index (χ1) is 8.22. The summed E-state index contributed by atoms with van der Waals surface area (Å²) < 4.78 is 0. The molecule has 1 saturated heterocycles. The molecule has 2 N–H and O–H groups in total. The van der Waals surface area contributed by atoms with Crippen molar-refractivity contribution in [2.45, 2.75) is 45.6 Å². The Morgan fingerprint density at radius 1 is 1.24 bits per heavy atom. The van der Waals surface area contributed by atoms with E-state index < -0.39 is 0 Å². The average molecular weight is 232 g/mol. The van der Waals surface area contributed by atoms with E-state index in [4.69, 9.17) is 5.73 Å². The van der Waals surface area contributed by atoms with Gasteiger partial charge in [-0.3, -0.25) is 0 Å². The van der Waals surface area contributed by atoms with Gasteiger partial charge in [-0.05, 0) is 69.3 Å². The first-order valence-corrected chi connectivity index (χ1v) is 6.76. The molecule has 1 aliphatic rings. The predicted octanol–water partition coefficient (Wildman–Crippen LogP) is 3.01. The predicted molar refractivity (Wildman–Crippen MR) is 74.6 cm³/mol. The highest BCUT2D eigenvalue weighted by Gasteiger charge is 2.21. The topological polar surface area (TPSA) is 29.3 Å². The second-order valence-electron chi connectivity index (χ2n) is 5.19. The first-order valence-electron chi connectivity index (χ1n) is 6.76. The summed E-state index contributed by atoms with van der Waals surface area (Å²) in [7, 11) is 0. The number of hydrogen-bond donors (Lipinski definition) is 1. The molecule has 2 heteroatoms. The zero-order valence-corrected chi connectivity index (χ0v) is 11.1. The Morgan fingerprint density at radius 3 is 2.76 bits per heavy atom. The molecule has 94 valence electrons. The SMILES string of the molecule is Cc1ccc(N2CCCCC2CCN)cc1C. The molecule has 0 spiro atoms. The molecule has 1 heterocycles. The van der Waals surface area contributed by atoms with Crippen molar-refractivity contribution in [3.63, 3.8) is 0 Å². The quantitative estimate of drug-likeness (QED) is 0.868. The van der Waals surface area contributed by atoms with Gasteiger partial charge in [0, 0.05) is 18.3 Å². The van der Waals surface area contributed by atoms with Gasteiger partial charge in [0.1, 0.15) is 0 Å². The molecule has 0 bridgehead atoms. The van der Waals surface area contributed by atoms with Crippen LogP contribution in [0.4, 0.5) is 5.69 Å². The van der Waals surface area contributed by atoms with Crippen LogP contribution in [0.2, 0.25) is 0 Å². The lowest BCUT2D eigenvalue weighted by molar-refractivity contribution is 0.442. The Bertz CT molecular complexity index is 371. The van der Waals surface area contributed by atoms with Crippen molar-refractivity contribution in [1.82, 2.24) is 0 Å². The highest BCUT2D eigenvalue weighted by atomic mass is 15.2. The maximum absolute atomic E-state index is 5.73. The molecule has 0 saturated carbocycles. The minimum Gasteiger partial charge on any atom is -0.368 e. The summed E-state index contributed by atoms with van der Waals surface area (Å²) >= 11 is 0. The van der Waals surface area contributed by atoms with Crippen LogP contribution in [0.25, 0.3) is 0 Å². The summed E-state index contributed by atoms with van der Waals surface area (Å²) in [4.78, 5) is 2.56. The highest BCUT2D eigenvalue weighted by molar-refractivity contribution is 5.51. The van der Waals surface area contributed by atoms with Gasteiger partial charge < -0.3 is 10.6 Å². The third-order valence-corrected chi connectivity index (χ3v) is 3.95. The zero-order chi connectivity index (χ0) is 12.3. The molecule has 2 rings (SSSR count). The molecule has 1 aromatic carbocycles. The number of benzene rings is 1. The van der Waals surface area contributed by atoms with E-state index in [1.807, 2.05) is 0 Å². The molecular formula is C15H24N2. The lowest BCUT2D eigenvalue weighted by atomic mass is 9.97. The van der Waals surface area contributed by atoms with E-state index in [2.05, 4.69) is 36.9 Å². The van der Waals surface area contributed by atoms with Crippen molar-refractivity contribution >= 4 is 5.69 Å². The number of nitrogens with two attached hydrogens (primary N) is 1. The van der Waals surface area contributed by atoms with E-state index in [1.165, 1.54) is 42.6 Å². The number of piperidine rings is 1. The van der Waals surface area contributed by atoms with Crippen molar-refractivity contribution in [3.05, 3.63) is 29.3 Å². The van der Waals surface area contributed by atoms with Gasteiger partial charge in [-0.1, -0.05) is 6.07 Å². The van der Waals surface area contributed by atoms with Crippen LogP contribution in [-0.4, -0.2) is 19.1 Å². The van der Waals surface area contributed by atoms with E-state index in [9.17, 15) is 0 Å². The van der Waals surface area contributed by atoms with Crippen LogP contribution < -0.4 is 10.6 Å². The molecule has 2 nitrogen and oxygen atoms in total. The largest absolute Gasteiger partial charge is 0.368 e. The van der Waals surface area contributed by atoms with Gasteiger partial charge in [-0.25, -0.2) is 0 Å². The van der Waals surface area contributed by atoms with Crippen LogP contribution in [-0.2, 0) is 0 Å². The van der Waals surface area contributed by atoms with Crippen molar-refractivity contribution in [2.75, 3.05) is 18.0 Å². The summed E-state index contributed by atoms with van der Waals surface area (Å²) in [5.41, 5.74) is 9.87. The molecule has 1 atom stereocenters. The zero-order valence-electron chi connectivity index (χ0n) is 11.1. The molecule has 0 aliphatic carbocycles. The first kappa shape index (κ1) is 12.4. The van der Waals surface area contributed by atoms with E-state index in [0.717, 1.165) is 13.0 Å². The molecule has 1 fully saturated rings. The van der Waals surface area contributed by atoms with Crippen LogP contribution in [0.3, 0.4) is 0 Å². The molecule has 0 aromatic heterocycles. The van der Waals surface area contributed by atoms with Gasteiger partial charge in [0.05, 0.1) is 0 Å². The normalized spacial score (nSPS) is 20.6. The number of rotatable bonds is 3. The second-order valence-corrected chi connectivity index (χ2v) is 5.19. The van der Waals surface area contributed by atoms with Crippen LogP contribution in [0.1, 0.15) is 36.8 Å². The third kappa shape index (κ3) is 2.81. The maximum atomic E-state index is 5.73. The smallest absolute Gasteiger partial charge is 0.0371 e. The Balaban J connectivity index is 2.20. The van der Waals surface area contributed by atoms with Crippen molar-refractivity contribution in [2.24, 2.45) is 5.73 Å². The van der Waals surface area contributed by atoms with E-state index >= 15 is 0 Å². The minimum absolute atomic E-state index is 0.649. The fraction of sp³-hybridized carbons (Fsp3) is 0.600. The summed E-state index contributed by atoms with van der Waals surface area (Å²) in [6.45, 7) is 6.35. The Hall–Kier alpha value is -1.02. The van der Waals surface area contributed by atoms with Gasteiger partial charge in [-0.2, -0.15) is 0 Å². The Morgan fingerprint density at radius 2 is 2.06 bits per heavy atom. The molecule has 17 heavy (non-hydrogen) atoms. The minimum atomic E-state index is 0.649. The monoisotopic (exact) mass is 232 g/mol. The van der Waals surface area contributed by atoms with Crippen molar-refractivity contribution < 1.29 is 0 Å². The highest BCUT2D eigenvalue weighted by Crippen LogP contribution is 2.27. The van der Waals surface area contributed by atoms with Gasteiger partial charge >= 0.3 is 0 Å². The van der Waals surface area contributed by atoms with Gasteiger partial charge in [-0.15, -0.1) is 0 Å². The Labute approximate surface area is 105 Å². The lowest BCUT2D eigenvalue weighted by Crippen LogP contribution is -2.40. The lowest BCUT2D eigenvalue weighted by Gasteiger charge is -2.38. The molecule has 1 unspecified atom stereocenters. The third-order valence-electron chi connectivity index (χ3n) is 3.95. The van der Waals surface area contributed by atoms with E-state index in [0.29, 0.717) is 6.04 Å². The summed E-state index contributed by atoms with van der Waals surface area (Å²) in [5, 5.41) is 0. The molecule has 0 radical (unpaired) electrons. The van der Waals surface area contributed by atoms with Gasteiger partial charge in [0.25, 0.3) is 0 Å². The summed E-state index contributed by atoms with van der Waals surface area (Å²) in [5.74, 6) is 0. The van der Waals surface area contributed by atoms with Gasteiger partial charge in [0.2, 0.25) is 0 Å². The fourth-order valence-corrected chi connectivity index (χ4v) is 2.74. The van der Waals surface area contributed by atoms with E-state index in [1.54, 1.807) is 0 Å². The van der Waals surface area contributed by atoms with Gasteiger partial charge in [0.15, 0.2) is 0 Å². The molecule has 0 amide bonds. The average Bonchev–Trinajstić information content (AvgIpc) is 2.34. The van der Waals surface area contributed by atoms with E-state index in [-0.39, 0.29) is 0 Å². The number of nitrogens with zero attached hydrogens (tertiary/aromatic N) is 1. The fourth-order valence-electron chi connectivity index (χ4n) is 2.74. The van der Waals surface area contributed by atoms with Crippen molar-refractivity contribution in [3.8, 4) is 0 Å². The number of hydrogen-bond acceptors (Lipinski definition) is 2. The van der Waals surface area contributed by atoms with Crippen LogP contribution in [0.15, 0.2) is 18.2 Å². The maximum Gasteiger partial charge on any atom is 0.0371 e. The van der Waals surface area contributed by atoms with Crippen LogP contribution >= 0.6 is 0 Å². The van der Waals surface area contributed by atoms with Crippen molar-refractivity contribution in [1.29, 1.82) is 0 Å². The molecule has 1 aromatic rings. The number of aryl methyl sites for hydroxylation is 2. The van der Waals surface area contributed by atoms with Crippen LogP contribution in [0, 0.1) is 13.8 Å². The van der Waals surface area contributed by atoms with Crippen LogP contribution in [0.5, 0.6) is 0 Å². The summed E-state index contributed by atoms with van der Waals surface area (Å²) in [6, 6.07) is 7.47. The Kier molecular flexibility index (Phi) is 4.06. The molecular weight excluding hydrogens is 208 g/mol.